The molecule has 4 nitrogen and oxygen atoms in total. The standard InChI is InChI=1S/C11H13N3O/c1-14-6-5-10(13-14)8-15-11-4-2-3-9(12)7-11/h2-7H,8,12H2,1H3. The molecule has 0 atom stereocenters. The second-order valence-corrected chi connectivity index (χ2v) is 3.34. The highest BCUT2D eigenvalue weighted by Crippen LogP contribution is 2.15. The van der Waals surface area contributed by atoms with Gasteiger partial charge >= 0.3 is 0 Å². The molecule has 0 bridgehead atoms. The van der Waals surface area contributed by atoms with Gasteiger partial charge in [-0.05, 0) is 18.2 Å². The summed E-state index contributed by atoms with van der Waals surface area (Å²) in [5.41, 5.74) is 7.24. The van der Waals surface area contributed by atoms with Crippen molar-refractivity contribution in [2.75, 3.05) is 5.73 Å². The van der Waals surface area contributed by atoms with Crippen LogP contribution in [0.4, 0.5) is 5.69 Å². The van der Waals surface area contributed by atoms with Crippen LogP contribution >= 0.6 is 0 Å². The summed E-state index contributed by atoms with van der Waals surface area (Å²) in [6, 6.07) is 9.28. The number of aromatic nitrogens is 2. The number of rotatable bonds is 3. The van der Waals surface area contributed by atoms with E-state index in [1.54, 1.807) is 10.7 Å². The molecular formula is C11H13N3O. The molecule has 0 aliphatic carbocycles. The lowest BCUT2D eigenvalue weighted by Crippen LogP contribution is -1.98. The first-order chi connectivity index (χ1) is 7.24. The van der Waals surface area contributed by atoms with Gasteiger partial charge in [-0.2, -0.15) is 5.10 Å². The number of anilines is 1. The normalized spacial score (nSPS) is 10.2. The molecule has 0 saturated heterocycles. The maximum absolute atomic E-state index is 5.63. The van der Waals surface area contributed by atoms with Gasteiger partial charge < -0.3 is 10.5 Å². The van der Waals surface area contributed by atoms with E-state index in [-0.39, 0.29) is 0 Å². The lowest BCUT2D eigenvalue weighted by atomic mass is 10.3. The van der Waals surface area contributed by atoms with Crippen molar-refractivity contribution in [1.82, 2.24) is 9.78 Å². The van der Waals surface area contributed by atoms with Crippen molar-refractivity contribution >= 4 is 5.69 Å². The molecule has 0 fully saturated rings. The van der Waals surface area contributed by atoms with E-state index in [9.17, 15) is 0 Å². The Morgan fingerprint density at radius 3 is 2.93 bits per heavy atom. The highest BCUT2D eigenvalue weighted by Gasteiger charge is 1.98. The molecule has 0 unspecified atom stereocenters. The van der Waals surface area contributed by atoms with Gasteiger partial charge in [0.2, 0.25) is 0 Å². The molecule has 2 rings (SSSR count). The van der Waals surface area contributed by atoms with Crippen LogP contribution in [0.2, 0.25) is 0 Å². The third-order valence-electron chi connectivity index (χ3n) is 2.01. The number of aryl methyl sites for hydroxylation is 1. The Labute approximate surface area is 88.3 Å². The predicted octanol–water partition coefficient (Wildman–Crippen LogP) is 1.58. The summed E-state index contributed by atoms with van der Waals surface area (Å²) in [5, 5.41) is 4.21. The van der Waals surface area contributed by atoms with Crippen LogP contribution in [-0.2, 0) is 13.7 Å². The second kappa shape index (κ2) is 4.04. The first-order valence-electron chi connectivity index (χ1n) is 4.71. The van der Waals surface area contributed by atoms with Gasteiger partial charge in [0.15, 0.2) is 0 Å². The van der Waals surface area contributed by atoms with E-state index >= 15 is 0 Å². The summed E-state index contributed by atoms with van der Waals surface area (Å²) in [4.78, 5) is 0. The molecule has 15 heavy (non-hydrogen) atoms. The van der Waals surface area contributed by atoms with E-state index in [0.717, 1.165) is 11.4 Å². The van der Waals surface area contributed by atoms with Crippen molar-refractivity contribution in [2.45, 2.75) is 6.61 Å². The van der Waals surface area contributed by atoms with Crippen LogP contribution < -0.4 is 10.5 Å². The molecular weight excluding hydrogens is 190 g/mol. The molecule has 0 aliphatic heterocycles. The lowest BCUT2D eigenvalue weighted by Gasteiger charge is -2.04. The molecule has 0 saturated carbocycles. The molecule has 1 aromatic heterocycles. The minimum Gasteiger partial charge on any atom is -0.487 e. The van der Waals surface area contributed by atoms with Crippen molar-refractivity contribution in [2.24, 2.45) is 7.05 Å². The SMILES string of the molecule is Cn1ccc(COc2cccc(N)c2)n1. The number of nitrogen functional groups attached to an aromatic ring is 1. The summed E-state index contributed by atoms with van der Waals surface area (Å²) < 4.78 is 7.28. The van der Waals surface area contributed by atoms with Crippen LogP contribution in [0.1, 0.15) is 5.69 Å². The topological polar surface area (TPSA) is 53.1 Å². The number of nitrogens with two attached hydrogens (primary N) is 1. The fraction of sp³-hybridized carbons (Fsp3) is 0.182. The Kier molecular flexibility index (Phi) is 2.58. The predicted molar refractivity (Wildman–Crippen MR) is 58.4 cm³/mol. The molecule has 0 radical (unpaired) electrons. The van der Waals surface area contributed by atoms with Crippen LogP contribution in [0.15, 0.2) is 36.5 Å². The zero-order valence-corrected chi connectivity index (χ0v) is 8.55. The molecule has 2 aromatic rings. The van der Waals surface area contributed by atoms with Crippen molar-refractivity contribution < 1.29 is 4.74 Å². The van der Waals surface area contributed by atoms with Crippen LogP contribution in [0, 0.1) is 0 Å². The monoisotopic (exact) mass is 203 g/mol. The summed E-state index contributed by atoms with van der Waals surface area (Å²) in [6.07, 6.45) is 1.89. The lowest BCUT2D eigenvalue weighted by molar-refractivity contribution is 0.300. The highest BCUT2D eigenvalue weighted by atomic mass is 16.5. The molecule has 0 spiro atoms. The van der Waals surface area contributed by atoms with Gasteiger partial charge in [0.1, 0.15) is 12.4 Å². The number of ether oxygens (including phenoxy) is 1. The van der Waals surface area contributed by atoms with E-state index in [4.69, 9.17) is 10.5 Å². The molecule has 78 valence electrons. The minimum atomic E-state index is 0.463. The van der Waals surface area contributed by atoms with Gasteiger partial charge in [0.25, 0.3) is 0 Å². The van der Waals surface area contributed by atoms with Crippen LogP contribution in [0.3, 0.4) is 0 Å². The average Bonchev–Trinajstić information content (AvgIpc) is 2.62. The number of nitrogens with zero attached hydrogens (tertiary/aromatic N) is 2. The summed E-state index contributed by atoms with van der Waals surface area (Å²) in [5.74, 6) is 0.764. The first-order valence-corrected chi connectivity index (χ1v) is 4.71. The van der Waals surface area contributed by atoms with Gasteiger partial charge in [-0.1, -0.05) is 6.07 Å². The van der Waals surface area contributed by atoms with Gasteiger partial charge in [0, 0.05) is 25.0 Å². The minimum absolute atomic E-state index is 0.463. The zero-order chi connectivity index (χ0) is 10.7. The van der Waals surface area contributed by atoms with Crippen molar-refractivity contribution in [3.8, 4) is 5.75 Å². The fourth-order valence-electron chi connectivity index (χ4n) is 1.30. The second-order valence-electron chi connectivity index (χ2n) is 3.34. The van der Waals surface area contributed by atoms with Crippen molar-refractivity contribution in [3.05, 3.63) is 42.2 Å². The Balaban J connectivity index is 1.99. The molecule has 2 N–H and O–H groups in total. The smallest absolute Gasteiger partial charge is 0.132 e. The third kappa shape index (κ3) is 2.49. The van der Waals surface area contributed by atoms with E-state index in [1.165, 1.54) is 0 Å². The molecule has 1 aromatic carbocycles. The molecule has 0 aliphatic rings. The van der Waals surface area contributed by atoms with Crippen molar-refractivity contribution in [1.29, 1.82) is 0 Å². The summed E-state index contributed by atoms with van der Waals surface area (Å²) in [6.45, 7) is 0.463. The first kappa shape index (κ1) is 9.58. The quantitative estimate of drug-likeness (QED) is 0.770. The largest absolute Gasteiger partial charge is 0.487 e. The maximum Gasteiger partial charge on any atom is 0.132 e. The van der Waals surface area contributed by atoms with Crippen LogP contribution in [-0.4, -0.2) is 9.78 Å². The molecule has 0 amide bonds. The van der Waals surface area contributed by atoms with Crippen LogP contribution in [0.5, 0.6) is 5.75 Å². The molecule has 1 heterocycles. The fourth-order valence-corrected chi connectivity index (χ4v) is 1.30. The molecule has 4 heteroatoms. The van der Waals surface area contributed by atoms with Gasteiger partial charge in [-0.15, -0.1) is 0 Å². The number of hydrogen-bond donors (Lipinski definition) is 1. The van der Waals surface area contributed by atoms with Crippen LogP contribution in [0.25, 0.3) is 0 Å². The Bertz CT molecular complexity index is 451. The Morgan fingerprint density at radius 2 is 2.27 bits per heavy atom. The van der Waals surface area contributed by atoms with Gasteiger partial charge in [-0.3, -0.25) is 4.68 Å². The van der Waals surface area contributed by atoms with Gasteiger partial charge in [-0.25, -0.2) is 0 Å². The maximum atomic E-state index is 5.63. The third-order valence-corrected chi connectivity index (χ3v) is 2.01. The number of hydrogen-bond acceptors (Lipinski definition) is 3. The summed E-state index contributed by atoms with van der Waals surface area (Å²) >= 11 is 0. The summed E-state index contributed by atoms with van der Waals surface area (Å²) in [7, 11) is 1.88. The Morgan fingerprint density at radius 1 is 1.40 bits per heavy atom. The van der Waals surface area contributed by atoms with E-state index in [1.807, 2.05) is 37.5 Å². The highest BCUT2D eigenvalue weighted by molar-refractivity contribution is 5.43. The van der Waals surface area contributed by atoms with E-state index < -0.39 is 0 Å². The van der Waals surface area contributed by atoms with Gasteiger partial charge in [0.05, 0.1) is 5.69 Å². The zero-order valence-electron chi connectivity index (χ0n) is 8.55. The van der Waals surface area contributed by atoms with E-state index in [2.05, 4.69) is 5.10 Å². The Hall–Kier alpha value is -1.97. The van der Waals surface area contributed by atoms with Crippen molar-refractivity contribution in [3.63, 3.8) is 0 Å². The van der Waals surface area contributed by atoms with E-state index in [0.29, 0.717) is 12.3 Å². The number of benzene rings is 1. The average molecular weight is 203 g/mol.